The van der Waals surface area contributed by atoms with Crippen molar-refractivity contribution in [2.75, 3.05) is 6.61 Å². The molecule has 3 atom stereocenters. The van der Waals surface area contributed by atoms with Gasteiger partial charge in [-0.2, -0.15) is 0 Å². The first kappa shape index (κ1) is 55.5. The average Bonchev–Trinajstić information content (AvgIpc) is 3.23. The van der Waals surface area contributed by atoms with Crippen LogP contribution in [-0.2, 0) is 14.3 Å². The minimum absolute atomic E-state index is 0.0258. The van der Waals surface area contributed by atoms with Gasteiger partial charge in [-0.15, -0.1) is 0 Å². The van der Waals surface area contributed by atoms with Crippen LogP contribution >= 0.6 is 0 Å². The van der Waals surface area contributed by atoms with Gasteiger partial charge in [0.1, 0.15) is 6.10 Å². The van der Waals surface area contributed by atoms with Crippen LogP contribution in [0.3, 0.4) is 0 Å². The highest BCUT2D eigenvalue weighted by molar-refractivity contribution is 5.77. The van der Waals surface area contributed by atoms with E-state index in [0.717, 1.165) is 89.9 Å². The maximum Gasteiger partial charge on any atom is 0.306 e. The molecule has 0 radical (unpaired) electrons. The number of esters is 1. The van der Waals surface area contributed by atoms with Gasteiger partial charge in [0.15, 0.2) is 0 Å². The third-order valence-corrected chi connectivity index (χ3v) is 10.0. The first-order valence-corrected chi connectivity index (χ1v) is 23.7. The smallest absolute Gasteiger partial charge is 0.306 e. The summed E-state index contributed by atoms with van der Waals surface area (Å²) in [6.45, 7) is 6.17. The van der Waals surface area contributed by atoms with E-state index < -0.39 is 18.2 Å². The van der Waals surface area contributed by atoms with Crippen molar-refractivity contribution in [3.05, 3.63) is 109 Å². The van der Waals surface area contributed by atoms with Gasteiger partial charge in [-0.25, -0.2) is 0 Å². The van der Waals surface area contributed by atoms with Crippen molar-refractivity contribution in [2.45, 2.75) is 206 Å². The Balaban J connectivity index is 4.76. The van der Waals surface area contributed by atoms with Crippen molar-refractivity contribution in [3.8, 4) is 0 Å². The van der Waals surface area contributed by atoms with E-state index in [2.05, 4.69) is 74.7 Å². The van der Waals surface area contributed by atoms with Gasteiger partial charge in [-0.1, -0.05) is 207 Å². The normalized spacial score (nSPS) is 14.3. The van der Waals surface area contributed by atoms with Crippen molar-refractivity contribution < 1.29 is 24.5 Å². The number of hydrogen-bond acceptors (Lipinski definition) is 5. The Hall–Kier alpha value is -3.48. The molecule has 0 bridgehead atoms. The first-order valence-electron chi connectivity index (χ1n) is 23.7. The first-order chi connectivity index (χ1) is 29.0. The lowest BCUT2D eigenvalue weighted by molar-refractivity contribution is -0.151. The fourth-order valence-corrected chi connectivity index (χ4v) is 6.47. The molecule has 0 saturated carbocycles. The lowest BCUT2D eigenvalue weighted by atomic mass is 10.0. The third-order valence-electron chi connectivity index (χ3n) is 10.0. The zero-order valence-corrected chi connectivity index (χ0v) is 37.8. The highest BCUT2D eigenvalue weighted by atomic mass is 16.5. The van der Waals surface area contributed by atoms with Crippen LogP contribution in [0, 0.1) is 0 Å². The maximum absolute atomic E-state index is 13.1. The zero-order chi connectivity index (χ0) is 43.1. The summed E-state index contributed by atoms with van der Waals surface area (Å²) in [5, 5.41) is 23.6. The summed E-state index contributed by atoms with van der Waals surface area (Å²) in [4.78, 5) is 26.0. The van der Waals surface area contributed by atoms with Crippen LogP contribution in [0.15, 0.2) is 109 Å². The van der Waals surface area contributed by atoms with Gasteiger partial charge in [0.05, 0.1) is 25.2 Å². The molecule has 3 N–H and O–H groups in total. The van der Waals surface area contributed by atoms with Crippen LogP contribution in [0.25, 0.3) is 0 Å². The van der Waals surface area contributed by atoms with Gasteiger partial charge in [0.25, 0.3) is 0 Å². The van der Waals surface area contributed by atoms with Crippen molar-refractivity contribution in [1.82, 2.24) is 5.32 Å². The fourth-order valence-electron chi connectivity index (χ4n) is 6.47. The summed E-state index contributed by atoms with van der Waals surface area (Å²) < 4.78 is 5.87. The van der Waals surface area contributed by atoms with E-state index in [1.807, 2.05) is 60.8 Å². The number of ether oxygens (including phenoxy) is 1. The Morgan fingerprint density at radius 3 is 1.59 bits per heavy atom. The third kappa shape index (κ3) is 41.1. The largest absolute Gasteiger partial charge is 0.462 e. The van der Waals surface area contributed by atoms with Crippen molar-refractivity contribution in [2.24, 2.45) is 0 Å². The number of allylic oxidation sites excluding steroid dienone is 18. The highest BCUT2D eigenvalue weighted by Crippen LogP contribution is 2.16. The number of amides is 1. The maximum atomic E-state index is 13.1. The summed E-state index contributed by atoms with van der Waals surface area (Å²) in [7, 11) is 0. The lowest BCUT2D eigenvalue weighted by Crippen LogP contribution is -2.46. The molecule has 0 spiro atoms. The number of aliphatic hydroxyl groups excluding tert-OH is 2. The zero-order valence-electron chi connectivity index (χ0n) is 37.8. The average molecular weight is 818 g/mol. The monoisotopic (exact) mass is 818 g/mol. The number of carbonyl (C=O) groups is 2. The number of carbonyl (C=O) groups excluding carboxylic acids is 2. The molecular weight excluding hydrogens is 731 g/mol. The summed E-state index contributed by atoms with van der Waals surface area (Å²) in [6.07, 6.45) is 61.4. The van der Waals surface area contributed by atoms with Gasteiger partial charge >= 0.3 is 5.97 Å². The predicted octanol–water partition coefficient (Wildman–Crippen LogP) is 13.9. The van der Waals surface area contributed by atoms with Crippen molar-refractivity contribution >= 4 is 11.9 Å². The summed E-state index contributed by atoms with van der Waals surface area (Å²) >= 11 is 0. The number of hydrogen-bond donors (Lipinski definition) is 3. The van der Waals surface area contributed by atoms with E-state index in [-0.39, 0.29) is 24.9 Å². The molecule has 0 aromatic heterocycles. The lowest BCUT2D eigenvalue weighted by Gasteiger charge is -2.24. The molecule has 0 rings (SSSR count). The van der Waals surface area contributed by atoms with E-state index in [9.17, 15) is 19.8 Å². The van der Waals surface area contributed by atoms with Gasteiger partial charge in [-0.3, -0.25) is 9.59 Å². The molecule has 334 valence electrons. The van der Waals surface area contributed by atoms with Crippen LogP contribution in [0.5, 0.6) is 0 Å². The second kappa shape index (κ2) is 45.6. The van der Waals surface area contributed by atoms with Crippen LogP contribution in [0.2, 0.25) is 0 Å². The second-order valence-electron chi connectivity index (χ2n) is 15.5. The topological polar surface area (TPSA) is 95.9 Å². The molecule has 0 aliphatic rings. The summed E-state index contributed by atoms with van der Waals surface area (Å²) in [5.74, 6) is -0.577. The van der Waals surface area contributed by atoms with Crippen LogP contribution in [0.1, 0.15) is 188 Å². The minimum Gasteiger partial charge on any atom is -0.462 e. The van der Waals surface area contributed by atoms with E-state index in [0.29, 0.717) is 19.3 Å². The van der Waals surface area contributed by atoms with Crippen LogP contribution < -0.4 is 5.32 Å². The molecule has 3 unspecified atom stereocenters. The summed E-state index contributed by atoms with van der Waals surface area (Å²) in [6, 6.07) is -0.729. The summed E-state index contributed by atoms with van der Waals surface area (Å²) in [5.41, 5.74) is 0. The van der Waals surface area contributed by atoms with E-state index in [1.54, 1.807) is 0 Å². The van der Waals surface area contributed by atoms with Gasteiger partial charge < -0.3 is 20.3 Å². The Kier molecular flexibility index (Phi) is 42.9. The molecular formula is C53H87NO5. The molecule has 1 amide bonds. The number of nitrogens with one attached hydrogen (secondary N) is 1. The minimum atomic E-state index is -0.811. The van der Waals surface area contributed by atoms with Gasteiger partial charge in [-0.05, 0) is 77.0 Å². The molecule has 0 fully saturated rings. The Morgan fingerprint density at radius 2 is 1.00 bits per heavy atom. The molecule has 0 aliphatic heterocycles. The van der Waals surface area contributed by atoms with Crippen molar-refractivity contribution in [1.29, 1.82) is 0 Å². The molecule has 6 nitrogen and oxygen atoms in total. The molecule has 0 aromatic rings. The van der Waals surface area contributed by atoms with Gasteiger partial charge in [0, 0.05) is 6.42 Å². The van der Waals surface area contributed by atoms with E-state index in [4.69, 9.17) is 4.74 Å². The molecule has 0 aliphatic carbocycles. The fraction of sp³-hybridized carbons (Fsp3) is 0.623. The molecule has 0 heterocycles. The quantitative estimate of drug-likeness (QED) is 0.0248. The molecule has 0 aromatic carbocycles. The Morgan fingerprint density at radius 1 is 0.525 bits per heavy atom. The SMILES string of the molecule is CC\C=C/C=C/C=C/C=C\C=C\C=C\CCCCCC(=O)OC(CCCC/C=C/C/C=C/C/C=C/CC)CC(=O)NC(CO)C(O)CCCCCCCCCCCCC. The number of unbranched alkanes of at least 4 members (excludes halogenated alkanes) is 15. The van der Waals surface area contributed by atoms with Crippen LogP contribution in [0.4, 0.5) is 0 Å². The van der Waals surface area contributed by atoms with E-state index >= 15 is 0 Å². The Bertz CT molecular complexity index is 1240. The highest BCUT2D eigenvalue weighted by Gasteiger charge is 2.24. The Labute approximate surface area is 362 Å². The second-order valence-corrected chi connectivity index (χ2v) is 15.5. The molecule has 0 saturated heterocycles. The van der Waals surface area contributed by atoms with Crippen molar-refractivity contribution in [3.63, 3.8) is 0 Å². The van der Waals surface area contributed by atoms with E-state index in [1.165, 1.54) is 51.4 Å². The molecule has 6 heteroatoms. The predicted molar refractivity (Wildman–Crippen MR) is 254 cm³/mol. The molecule has 59 heavy (non-hydrogen) atoms. The van der Waals surface area contributed by atoms with Crippen LogP contribution in [-0.4, -0.2) is 46.9 Å². The number of rotatable bonds is 40. The van der Waals surface area contributed by atoms with Gasteiger partial charge in [0.2, 0.25) is 5.91 Å². The standard InChI is InChI=1S/C53H87NO5/c1-4-7-10-13-16-19-22-24-25-26-27-28-31-34-37-40-43-46-53(58)59-49(44-41-38-35-32-30-23-20-17-14-11-8-5-2)47-52(57)54-50(48-55)51(56)45-42-39-36-33-29-21-18-15-12-9-6-3/h7-8,10-11,13,16-17,19-20,22,24-28,30-32,49-51,55-56H,4-6,9,12,14-15,18,21,23,29,33-48H2,1-3H3,(H,54,57)/b10-7-,11-8+,16-13+,20-17+,22-19+,25-24-,27-26+,31-28+,32-30+. The number of aliphatic hydroxyl groups is 2.